The SMILES string of the molecule is CCC(c1cccc(NS(=O)(=O)c2ccc(C#N)cc2)c1)C1C(=O)OC2CCCC2C1=O. The zero-order valence-corrected chi connectivity index (χ0v) is 18.5. The first kappa shape index (κ1) is 22.0. The first-order valence-corrected chi connectivity index (χ1v) is 12.2. The zero-order valence-electron chi connectivity index (χ0n) is 17.7. The minimum Gasteiger partial charge on any atom is -0.461 e. The molecule has 4 atom stereocenters. The fourth-order valence-corrected chi connectivity index (χ4v) is 5.79. The largest absolute Gasteiger partial charge is 0.461 e. The Morgan fingerprint density at radius 3 is 2.59 bits per heavy atom. The van der Waals surface area contributed by atoms with Gasteiger partial charge in [-0.05, 0) is 67.6 Å². The van der Waals surface area contributed by atoms with Crippen LogP contribution in [0.15, 0.2) is 53.4 Å². The lowest BCUT2D eigenvalue weighted by molar-refractivity contribution is -0.169. The maximum Gasteiger partial charge on any atom is 0.317 e. The second kappa shape index (κ2) is 8.75. The van der Waals surface area contributed by atoms with Crippen molar-refractivity contribution in [2.75, 3.05) is 4.72 Å². The van der Waals surface area contributed by atoms with Gasteiger partial charge in [-0.1, -0.05) is 19.1 Å². The second-order valence-electron chi connectivity index (χ2n) is 8.27. The minimum absolute atomic E-state index is 0.0345. The fourth-order valence-electron chi connectivity index (χ4n) is 4.74. The summed E-state index contributed by atoms with van der Waals surface area (Å²) in [6.07, 6.45) is 2.60. The zero-order chi connectivity index (χ0) is 22.9. The van der Waals surface area contributed by atoms with E-state index in [9.17, 15) is 18.0 Å². The summed E-state index contributed by atoms with van der Waals surface area (Å²) in [5.41, 5.74) is 1.41. The van der Waals surface area contributed by atoms with Gasteiger partial charge in [0.2, 0.25) is 0 Å². The summed E-state index contributed by atoms with van der Waals surface area (Å²) in [7, 11) is -3.86. The van der Waals surface area contributed by atoms with E-state index in [4.69, 9.17) is 10.00 Å². The van der Waals surface area contributed by atoms with E-state index in [-0.39, 0.29) is 22.7 Å². The molecule has 1 aliphatic carbocycles. The Morgan fingerprint density at radius 1 is 1.16 bits per heavy atom. The van der Waals surface area contributed by atoms with Crippen LogP contribution in [0.1, 0.15) is 49.7 Å². The Hall–Kier alpha value is -3.18. The molecule has 1 aliphatic heterocycles. The van der Waals surface area contributed by atoms with E-state index in [0.717, 1.165) is 19.3 Å². The number of carbonyl (C=O) groups is 2. The number of carbonyl (C=O) groups excluding carboxylic acids is 2. The Bertz CT molecular complexity index is 1180. The fraction of sp³-hybridized carbons (Fsp3) is 0.375. The Morgan fingerprint density at radius 2 is 1.91 bits per heavy atom. The number of benzene rings is 2. The number of ketones is 1. The molecule has 2 aromatic rings. The van der Waals surface area contributed by atoms with E-state index in [1.165, 1.54) is 24.3 Å². The van der Waals surface area contributed by atoms with Gasteiger partial charge in [-0.3, -0.25) is 14.3 Å². The molecule has 2 aromatic carbocycles. The van der Waals surface area contributed by atoms with Crippen molar-refractivity contribution in [2.45, 2.75) is 49.5 Å². The van der Waals surface area contributed by atoms with Gasteiger partial charge in [0.05, 0.1) is 22.4 Å². The molecular formula is C24H24N2O5S. The van der Waals surface area contributed by atoms with E-state index in [2.05, 4.69) is 4.72 Å². The van der Waals surface area contributed by atoms with Crippen LogP contribution in [0.4, 0.5) is 5.69 Å². The first-order chi connectivity index (χ1) is 15.3. The average Bonchev–Trinajstić information content (AvgIpc) is 3.25. The highest BCUT2D eigenvalue weighted by Crippen LogP contribution is 2.41. The van der Waals surface area contributed by atoms with E-state index >= 15 is 0 Å². The molecule has 0 aromatic heterocycles. The summed E-state index contributed by atoms with van der Waals surface area (Å²) in [6, 6.07) is 14.4. The molecule has 1 heterocycles. The van der Waals surface area contributed by atoms with Gasteiger partial charge in [0.15, 0.2) is 5.78 Å². The van der Waals surface area contributed by atoms with Crippen LogP contribution in [0.2, 0.25) is 0 Å². The van der Waals surface area contributed by atoms with E-state index in [1.807, 2.05) is 13.0 Å². The van der Waals surface area contributed by atoms with Crippen molar-refractivity contribution in [1.82, 2.24) is 0 Å². The van der Waals surface area contributed by atoms with Crippen molar-refractivity contribution in [3.63, 3.8) is 0 Å². The monoisotopic (exact) mass is 452 g/mol. The molecule has 0 bridgehead atoms. The average molecular weight is 453 g/mol. The third-order valence-electron chi connectivity index (χ3n) is 6.35. The van der Waals surface area contributed by atoms with Crippen LogP contribution in [0.25, 0.3) is 0 Å². The smallest absolute Gasteiger partial charge is 0.317 e. The minimum atomic E-state index is -3.86. The predicted octanol–water partition coefficient (Wildman–Crippen LogP) is 3.76. The number of sulfonamides is 1. The number of nitrogens with one attached hydrogen (secondary N) is 1. The first-order valence-electron chi connectivity index (χ1n) is 10.7. The summed E-state index contributed by atoms with van der Waals surface area (Å²) in [4.78, 5) is 25.8. The Balaban J connectivity index is 1.59. The molecule has 2 fully saturated rings. The number of ether oxygens (including phenoxy) is 1. The van der Waals surface area contributed by atoms with Gasteiger partial charge in [-0.25, -0.2) is 8.42 Å². The van der Waals surface area contributed by atoms with Crippen molar-refractivity contribution in [3.05, 3.63) is 59.7 Å². The number of rotatable bonds is 6. The summed E-state index contributed by atoms with van der Waals surface area (Å²) in [5.74, 6) is -2.03. The molecule has 1 saturated carbocycles. The number of hydrogen-bond donors (Lipinski definition) is 1. The van der Waals surface area contributed by atoms with Gasteiger partial charge in [-0.2, -0.15) is 5.26 Å². The molecule has 1 N–H and O–H groups in total. The molecule has 1 saturated heterocycles. The van der Waals surface area contributed by atoms with Crippen molar-refractivity contribution in [3.8, 4) is 6.07 Å². The molecule has 0 amide bonds. The number of hydrogen-bond acceptors (Lipinski definition) is 6. The quantitative estimate of drug-likeness (QED) is 0.527. The highest BCUT2D eigenvalue weighted by molar-refractivity contribution is 7.92. The molecule has 4 rings (SSSR count). The van der Waals surface area contributed by atoms with Crippen LogP contribution in [0.5, 0.6) is 0 Å². The molecule has 4 unspecified atom stereocenters. The second-order valence-corrected chi connectivity index (χ2v) is 9.96. The van der Waals surface area contributed by atoms with E-state index in [0.29, 0.717) is 23.2 Å². The van der Waals surface area contributed by atoms with Gasteiger partial charge in [-0.15, -0.1) is 0 Å². The number of nitriles is 1. The summed E-state index contributed by atoms with van der Waals surface area (Å²) >= 11 is 0. The normalized spacial score (nSPS) is 23.7. The maximum absolute atomic E-state index is 13.1. The summed E-state index contributed by atoms with van der Waals surface area (Å²) in [6.45, 7) is 1.90. The third kappa shape index (κ3) is 4.13. The number of esters is 1. The van der Waals surface area contributed by atoms with E-state index < -0.39 is 27.8 Å². The Kier molecular flexibility index (Phi) is 6.02. The molecule has 32 heavy (non-hydrogen) atoms. The van der Waals surface area contributed by atoms with Gasteiger partial charge in [0.1, 0.15) is 12.0 Å². The van der Waals surface area contributed by atoms with Gasteiger partial charge >= 0.3 is 5.97 Å². The van der Waals surface area contributed by atoms with Crippen LogP contribution in [-0.2, 0) is 24.3 Å². The van der Waals surface area contributed by atoms with Crippen LogP contribution in [-0.4, -0.2) is 26.3 Å². The van der Waals surface area contributed by atoms with Crippen molar-refractivity contribution < 1.29 is 22.7 Å². The molecular weight excluding hydrogens is 428 g/mol. The lowest BCUT2D eigenvalue weighted by Crippen LogP contribution is -2.45. The van der Waals surface area contributed by atoms with Gasteiger partial charge in [0.25, 0.3) is 10.0 Å². The lowest BCUT2D eigenvalue weighted by Gasteiger charge is -2.34. The summed E-state index contributed by atoms with van der Waals surface area (Å²) < 4.78 is 33.7. The van der Waals surface area contributed by atoms with Gasteiger partial charge in [0, 0.05) is 11.6 Å². The molecule has 0 radical (unpaired) electrons. The number of Topliss-reactive ketones (excluding diaryl/α,β-unsaturated/α-hetero) is 1. The van der Waals surface area contributed by atoms with Crippen LogP contribution in [0.3, 0.4) is 0 Å². The van der Waals surface area contributed by atoms with Crippen molar-refractivity contribution in [1.29, 1.82) is 5.26 Å². The third-order valence-corrected chi connectivity index (χ3v) is 7.75. The molecule has 2 aliphatic rings. The highest BCUT2D eigenvalue weighted by Gasteiger charge is 2.49. The number of nitrogens with zero attached hydrogens (tertiary/aromatic N) is 1. The van der Waals surface area contributed by atoms with Gasteiger partial charge < -0.3 is 4.74 Å². The predicted molar refractivity (Wildman–Crippen MR) is 117 cm³/mol. The lowest BCUT2D eigenvalue weighted by atomic mass is 9.75. The standard InChI is InChI=1S/C24H24N2O5S/c1-2-19(22-23(27)20-7-4-8-21(20)31-24(22)28)16-5-3-6-17(13-16)26-32(29,30)18-11-9-15(14-25)10-12-18/h3,5-6,9-13,19-22,26H,2,4,7-8H2,1H3. The highest BCUT2D eigenvalue weighted by atomic mass is 32.2. The number of fused-ring (bicyclic) bond motifs is 1. The molecule has 0 spiro atoms. The summed E-state index contributed by atoms with van der Waals surface area (Å²) in [5, 5.41) is 8.90. The topological polar surface area (TPSA) is 113 Å². The molecule has 8 heteroatoms. The molecule has 7 nitrogen and oxygen atoms in total. The Labute approximate surface area is 187 Å². The maximum atomic E-state index is 13.1. The van der Waals surface area contributed by atoms with Crippen LogP contribution < -0.4 is 4.72 Å². The number of anilines is 1. The van der Waals surface area contributed by atoms with Crippen molar-refractivity contribution >= 4 is 27.5 Å². The van der Waals surface area contributed by atoms with Crippen LogP contribution in [0, 0.1) is 23.2 Å². The van der Waals surface area contributed by atoms with Crippen molar-refractivity contribution in [2.24, 2.45) is 11.8 Å². The van der Waals surface area contributed by atoms with Crippen LogP contribution >= 0.6 is 0 Å². The van der Waals surface area contributed by atoms with E-state index in [1.54, 1.807) is 24.3 Å². The molecule has 166 valence electrons.